The monoisotopic (exact) mass is 310 g/mol. The summed E-state index contributed by atoms with van der Waals surface area (Å²) in [6.45, 7) is 2.54. The molecule has 1 unspecified atom stereocenters. The number of nitrogens with zero attached hydrogens (tertiary/aromatic N) is 2. The van der Waals surface area contributed by atoms with Crippen molar-refractivity contribution in [2.75, 3.05) is 20.1 Å². The Bertz CT molecular complexity index is 643. The van der Waals surface area contributed by atoms with E-state index in [2.05, 4.69) is 29.2 Å². The molecule has 0 amide bonds. The highest BCUT2D eigenvalue weighted by atomic mass is 16.6. The predicted octanol–water partition coefficient (Wildman–Crippen LogP) is 3.32. The van der Waals surface area contributed by atoms with Gasteiger partial charge in [0.25, 0.3) is 0 Å². The third kappa shape index (κ3) is 4.57. The van der Waals surface area contributed by atoms with Gasteiger partial charge in [-0.1, -0.05) is 47.6 Å². The van der Waals surface area contributed by atoms with Crippen molar-refractivity contribution in [2.24, 2.45) is 5.16 Å². The largest absolute Gasteiger partial charge is 0.488 e. The summed E-state index contributed by atoms with van der Waals surface area (Å²) in [5.41, 5.74) is 2.07. The van der Waals surface area contributed by atoms with Crippen LogP contribution >= 0.6 is 0 Å². The van der Waals surface area contributed by atoms with Crippen LogP contribution in [0.1, 0.15) is 17.5 Å². The molecule has 0 bridgehead atoms. The van der Waals surface area contributed by atoms with Gasteiger partial charge in [0, 0.05) is 25.1 Å². The Morgan fingerprint density at radius 1 is 1.13 bits per heavy atom. The van der Waals surface area contributed by atoms with Gasteiger partial charge >= 0.3 is 0 Å². The molecule has 0 aromatic heterocycles. The van der Waals surface area contributed by atoms with Crippen LogP contribution < -0.4 is 4.74 Å². The summed E-state index contributed by atoms with van der Waals surface area (Å²) in [5, 5.41) is 4.14. The quantitative estimate of drug-likeness (QED) is 0.606. The summed E-state index contributed by atoms with van der Waals surface area (Å²) in [4.78, 5) is 7.81. The average Bonchev–Trinajstić information content (AvgIpc) is 3.00. The number of oxime groups is 1. The molecule has 120 valence electrons. The van der Waals surface area contributed by atoms with E-state index in [-0.39, 0.29) is 6.10 Å². The molecule has 1 aliphatic heterocycles. The maximum atomic E-state index is 5.91. The number of hydrogen-bond donors (Lipinski definition) is 0. The first-order valence-electron chi connectivity index (χ1n) is 7.95. The Balaban J connectivity index is 1.59. The summed E-state index contributed by atoms with van der Waals surface area (Å²) in [6, 6.07) is 18.0. The van der Waals surface area contributed by atoms with E-state index in [9.17, 15) is 0 Å². The predicted molar refractivity (Wildman–Crippen MR) is 91.8 cm³/mol. The van der Waals surface area contributed by atoms with E-state index in [1.165, 1.54) is 0 Å². The van der Waals surface area contributed by atoms with Crippen LogP contribution in [0.15, 0.2) is 59.8 Å². The fourth-order valence-electron chi connectivity index (χ4n) is 2.61. The van der Waals surface area contributed by atoms with Gasteiger partial charge in [-0.15, -0.1) is 0 Å². The van der Waals surface area contributed by atoms with Crippen LogP contribution in [-0.2, 0) is 11.4 Å². The number of likely N-dealkylation sites (N-methyl/N-ethyl adjacent to an activating group) is 1. The van der Waals surface area contributed by atoms with Gasteiger partial charge in [0.2, 0.25) is 0 Å². The molecule has 4 nitrogen and oxygen atoms in total. The van der Waals surface area contributed by atoms with E-state index < -0.39 is 0 Å². The molecular weight excluding hydrogens is 288 g/mol. The van der Waals surface area contributed by atoms with Crippen molar-refractivity contribution >= 4 is 6.21 Å². The molecule has 23 heavy (non-hydrogen) atoms. The number of likely N-dealkylation sites (tertiary alicyclic amines) is 1. The number of hydrogen-bond acceptors (Lipinski definition) is 4. The fourth-order valence-corrected chi connectivity index (χ4v) is 2.61. The zero-order valence-corrected chi connectivity index (χ0v) is 13.4. The second-order valence-corrected chi connectivity index (χ2v) is 5.82. The Kier molecular flexibility index (Phi) is 5.27. The Hall–Kier alpha value is -2.33. The molecule has 1 aliphatic rings. The van der Waals surface area contributed by atoms with Gasteiger partial charge in [0.15, 0.2) is 0 Å². The van der Waals surface area contributed by atoms with Crippen molar-refractivity contribution in [1.82, 2.24) is 4.90 Å². The van der Waals surface area contributed by atoms with Gasteiger partial charge in [-0.2, -0.15) is 0 Å². The number of rotatable bonds is 6. The lowest BCUT2D eigenvalue weighted by Gasteiger charge is -2.10. The maximum absolute atomic E-state index is 5.91. The Morgan fingerprint density at radius 2 is 1.91 bits per heavy atom. The lowest BCUT2D eigenvalue weighted by molar-refractivity contribution is 0.0682. The number of para-hydroxylation sites is 1. The molecule has 0 spiro atoms. The van der Waals surface area contributed by atoms with Gasteiger partial charge in [-0.05, 0) is 24.7 Å². The summed E-state index contributed by atoms with van der Waals surface area (Å²) in [6.07, 6.45) is 2.95. The minimum absolute atomic E-state index is 0.189. The molecule has 1 saturated heterocycles. The van der Waals surface area contributed by atoms with Crippen molar-refractivity contribution in [1.29, 1.82) is 0 Å². The third-order valence-corrected chi connectivity index (χ3v) is 3.91. The molecule has 2 aromatic carbocycles. The van der Waals surface area contributed by atoms with Crippen molar-refractivity contribution < 1.29 is 9.57 Å². The molecule has 0 saturated carbocycles. The Morgan fingerprint density at radius 3 is 2.70 bits per heavy atom. The first-order valence-corrected chi connectivity index (χ1v) is 7.95. The molecule has 1 heterocycles. The average molecular weight is 310 g/mol. The summed E-state index contributed by atoms with van der Waals surface area (Å²) < 4.78 is 5.91. The second kappa shape index (κ2) is 7.79. The number of ether oxygens (including phenoxy) is 1. The van der Waals surface area contributed by atoms with E-state index in [0.717, 1.165) is 36.4 Å². The second-order valence-electron chi connectivity index (χ2n) is 5.82. The molecule has 1 fully saturated rings. The standard InChI is InChI=1S/C19H22N2O2/c1-21-12-11-18(14-21)23-20-13-17-9-5-6-10-19(17)22-15-16-7-3-2-4-8-16/h2-10,13,18H,11-12,14-15H2,1H3/b20-13+. The van der Waals surface area contributed by atoms with E-state index in [0.29, 0.717) is 6.61 Å². The lowest BCUT2D eigenvalue weighted by Crippen LogP contribution is -2.17. The highest BCUT2D eigenvalue weighted by Crippen LogP contribution is 2.18. The fraction of sp³-hybridized carbons (Fsp3) is 0.316. The number of benzene rings is 2. The molecule has 0 radical (unpaired) electrons. The smallest absolute Gasteiger partial charge is 0.141 e. The van der Waals surface area contributed by atoms with Gasteiger partial charge in [-0.25, -0.2) is 0 Å². The first kappa shape index (κ1) is 15.6. The first-order chi connectivity index (χ1) is 11.3. The highest BCUT2D eigenvalue weighted by Gasteiger charge is 2.20. The molecule has 2 aromatic rings. The van der Waals surface area contributed by atoms with Gasteiger partial charge < -0.3 is 14.5 Å². The minimum Gasteiger partial charge on any atom is -0.488 e. The van der Waals surface area contributed by atoms with Crippen LogP contribution in [0, 0.1) is 0 Å². The maximum Gasteiger partial charge on any atom is 0.141 e. The van der Waals surface area contributed by atoms with E-state index in [1.54, 1.807) is 6.21 Å². The molecule has 4 heteroatoms. The SMILES string of the molecule is CN1CCC(O/N=C/c2ccccc2OCc2ccccc2)C1. The van der Waals surface area contributed by atoms with Crippen LogP contribution in [0.3, 0.4) is 0 Å². The zero-order valence-electron chi connectivity index (χ0n) is 13.4. The van der Waals surface area contributed by atoms with Crippen molar-refractivity contribution in [2.45, 2.75) is 19.1 Å². The van der Waals surface area contributed by atoms with Crippen LogP contribution in [-0.4, -0.2) is 37.4 Å². The normalized spacial score (nSPS) is 18.4. The summed E-state index contributed by atoms with van der Waals surface area (Å²) in [5.74, 6) is 0.812. The lowest BCUT2D eigenvalue weighted by atomic mass is 10.2. The van der Waals surface area contributed by atoms with Crippen molar-refractivity contribution in [3.05, 3.63) is 65.7 Å². The van der Waals surface area contributed by atoms with Crippen molar-refractivity contribution in [3.8, 4) is 5.75 Å². The molecule has 1 atom stereocenters. The molecule has 3 rings (SSSR count). The van der Waals surface area contributed by atoms with Crippen LogP contribution in [0.25, 0.3) is 0 Å². The topological polar surface area (TPSA) is 34.1 Å². The highest BCUT2D eigenvalue weighted by molar-refractivity contribution is 5.83. The molecule has 0 N–H and O–H groups in total. The van der Waals surface area contributed by atoms with E-state index in [4.69, 9.17) is 9.57 Å². The van der Waals surface area contributed by atoms with Crippen LogP contribution in [0.2, 0.25) is 0 Å². The molecule has 0 aliphatic carbocycles. The van der Waals surface area contributed by atoms with E-state index >= 15 is 0 Å². The van der Waals surface area contributed by atoms with Gasteiger partial charge in [0.1, 0.15) is 18.5 Å². The third-order valence-electron chi connectivity index (χ3n) is 3.91. The van der Waals surface area contributed by atoms with E-state index in [1.807, 2.05) is 42.5 Å². The van der Waals surface area contributed by atoms with Gasteiger partial charge in [0.05, 0.1) is 6.21 Å². The summed E-state index contributed by atoms with van der Waals surface area (Å²) in [7, 11) is 2.10. The van der Waals surface area contributed by atoms with Crippen LogP contribution in [0.5, 0.6) is 5.75 Å². The minimum atomic E-state index is 0.189. The van der Waals surface area contributed by atoms with Crippen molar-refractivity contribution in [3.63, 3.8) is 0 Å². The van der Waals surface area contributed by atoms with Crippen LogP contribution in [0.4, 0.5) is 0 Å². The zero-order chi connectivity index (χ0) is 15.9. The summed E-state index contributed by atoms with van der Waals surface area (Å²) >= 11 is 0. The Labute approximate surface area is 137 Å². The van der Waals surface area contributed by atoms with Gasteiger partial charge in [-0.3, -0.25) is 0 Å². The molecular formula is C19H22N2O2.